The highest BCUT2D eigenvalue weighted by Gasteiger charge is 2.52. The molecule has 288 valence electrons. The molecule has 1 saturated heterocycles. The Hall–Kier alpha value is -3.09. The Morgan fingerprint density at radius 1 is 0.960 bits per heavy atom. The second kappa shape index (κ2) is 17.0. The van der Waals surface area contributed by atoms with Gasteiger partial charge in [-0.3, -0.25) is 4.79 Å². The molecule has 0 bridgehead atoms. The lowest BCUT2D eigenvalue weighted by Gasteiger charge is -2.49. The molecule has 0 aromatic rings. The summed E-state index contributed by atoms with van der Waals surface area (Å²) in [7, 11) is 1.35. The number of amides is 4. The fraction of sp³-hybridized carbons (Fsp3) is 0.848. The molecule has 1 aliphatic carbocycles. The molecule has 50 heavy (non-hydrogen) atoms. The second-order valence-electron chi connectivity index (χ2n) is 16.0. The van der Waals surface area contributed by atoms with Crippen LogP contribution in [0.5, 0.6) is 0 Å². The zero-order chi connectivity index (χ0) is 38.4. The minimum Gasteiger partial charge on any atom is -0.444 e. The van der Waals surface area contributed by atoms with Gasteiger partial charge in [-0.25, -0.2) is 14.4 Å². The predicted octanol–water partition coefficient (Wildman–Crippen LogP) is 1.76. The molecule has 0 aromatic carbocycles. The number of carbonyl (C=O) groups excluding carboxylic acids is 4. The summed E-state index contributed by atoms with van der Waals surface area (Å²) in [6, 6.07) is -3.01. The van der Waals surface area contributed by atoms with Gasteiger partial charge in [0.15, 0.2) is 6.29 Å². The monoisotopic (exact) mass is 718 g/mol. The molecule has 0 aromatic heterocycles. The maximum absolute atomic E-state index is 13.1. The van der Waals surface area contributed by atoms with E-state index in [1.54, 1.807) is 62.3 Å². The Kier molecular flexibility index (Phi) is 14.6. The molecule has 6 N–H and O–H groups in total. The average Bonchev–Trinajstić information content (AvgIpc) is 2.90. The van der Waals surface area contributed by atoms with Crippen molar-refractivity contribution in [2.75, 3.05) is 13.7 Å². The van der Waals surface area contributed by atoms with Gasteiger partial charge in [0.2, 0.25) is 5.91 Å². The van der Waals surface area contributed by atoms with Crippen LogP contribution in [-0.4, -0.2) is 141 Å². The van der Waals surface area contributed by atoms with E-state index in [0.717, 1.165) is 4.90 Å². The van der Waals surface area contributed by atoms with E-state index in [9.17, 15) is 39.6 Å². The minimum atomic E-state index is -1.73. The highest BCUT2D eigenvalue weighted by atomic mass is 16.7. The van der Waals surface area contributed by atoms with Crippen molar-refractivity contribution >= 4 is 30.4 Å². The lowest BCUT2D eigenvalue weighted by molar-refractivity contribution is -0.301. The smallest absolute Gasteiger partial charge is 0.433 e. The number of carbonyl (C=O) groups is 4. The van der Waals surface area contributed by atoms with Gasteiger partial charge in [-0.15, -0.1) is 0 Å². The van der Waals surface area contributed by atoms with Crippen molar-refractivity contribution in [3.63, 3.8) is 0 Å². The number of likely N-dealkylation sites (N-methyl/N-ethyl adjacent to an activating group) is 1. The zero-order valence-electron chi connectivity index (χ0n) is 31.1. The Morgan fingerprint density at radius 2 is 1.54 bits per heavy atom. The molecular formula is C33H58N4O13. The van der Waals surface area contributed by atoms with Crippen molar-refractivity contribution in [3.05, 3.63) is 0 Å². The van der Waals surface area contributed by atoms with E-state index in [2.05, 4.69) is 15.6 Å². The summed E-state index contributed by atoms with van der Waals surface area (Å²) < 4.78 is 27.6. The van der Waals surface area contributed by atoms with Gasteiger partial charge >= 0.3 is 18.3 Å². The average molecular weight is 719 g/mol. The van der Waals surface area contributed by atoms with Crippen LogP contribution >= 0.6 is 0 Å². The summed E-state index contributed by atoms with van der Waals surface area (Å²) >= 11 is 0. The van der Waals surface area contributed by atoms with Gasteiger partial charge in [-0.1, -0.05) is 0 Å². The number of nitrogens with zero attached hydrogens (tertiary/aromatic N) is 2. The first kappa shape index (κ1) is 43.1. The lowest BCUT2D eigenvalue weighted by atomic mass is 9.85. The standard InChI is InChI=1S/C33H58N4O13/c1-30(2,3)48-27(42)34-14-12-13-20(38)25(41)36-19-15-18(35-28(43)49-31(4,5)6)16-21(39)23(19)47-26-22(40)24(33(10,45)17-46-26)37(11)29(44)50-32(7,8)9/h14,18-24,26,38-40,45H,12-13,15-17H2,1-11H3,(H,35,43)(H,36,41)/t18-,19+,20-,21-,22+,23-,24+,26+,33-/m0/s1. The molecule has 1 heterocycles. The van der Waals surface area contributed by atoms with E-state index in [4.69, 9.17) is 23.7 Å². The molecule has 1 aliphatic heterocycles. The van der Waals surface area contributed by atoms with Crippen LogP contribution in [0.3, 0.4) is 0 Å². The Bertz CT molecular complexity index is 1210. The van der Waals surface area contributed by atoms with Crippen LogP contribution in [0.4, 0.5) is 14.4 Å². The van der Waals surface area contributed by atoms with E-state index in [1.165, 1.54) is 20.2 Å². The highest BCUT2D eigenvalue weighted by Crippen LogP contribution is 2.32. The number of ether oxygens (including phenoxy) is 5. The van der Waals surface area contributed by atoms with Crippen LogP contribution < -0.4 is 10.6 Å². The van der Waals surface area contributed by atoms with E-state index in [0.29, 0.717) is 0 Å². The van der Waals surface area contributed by atoms with Crippen molar-refractivity contribution in [1.82, 2.24) is 15.5 Å². The molecule has 9 atom stereocenters. The lowest BCUT2D eigenvalue weighted by Crippen LogP contribution is -2.68. The SMILES string of the molecule is CN(C(=O)OC(C)(C)C)[C@@H]1[C@@H](O)[C@@H](O[C@@H]2[C@@H](O)C[C@@H](NC(=O)OC(C)(C)C)C[C@H]2NC(=O)[C@@H](O)CCC=NC(=O)OC(C)(C)C)OC[C@]1(C)O. The first-order chi connectivity index (χ1) is 22.7. The maximum Gasteiger partial charge on any atom is 0.433 e. The first-order valence-corrected chi connectivity index (χ1v) is 16.7. The van der Waals surface area contributed by atoms with Crippen LogP contribution in [0.2, 0.25) is 0 Å². The molecule has 0 spiro atoms. The zero-order valence-corrected chi connectivity index (χ0v) is 31.1. The van der Waals surface area contributed by atoms with Crippen LogP contribution in [-0.2, 0) is 28.5 Å². The molecule has 0 radical (unpaired) electrons. The Morgan fingerprint density at radius 3 is 2.10 bits per heavy atom. The molecule has 2 rings (SSSR count). The Labute approximate surface area is 294 Å². The number of aliphatic imine (C=N–C) groups is 1. The fourth-order valence-corrected chi connectivity index (χ4v) is 5.54. The minimum absolute atomic E-state index is 0.0152. The fourth-order valence-electron chi connectivity index (χ4n) is 5.54. The van der Waals surface area contributed by atoms with Crippen molar-refractivity contribution in [1.29, 1.82) is 0 Å². The van der Waals surface area contributed by atoms with Gasteiger partial charge in [0.25, 0.3) is 0 Å². The number of nitrogens with one attached hydrogen (secondary N) is 2. The first-order valence-electron chi connectivity index (χ1n) is 16.7. The van der Waals surface area contributed by atoms with Crippen molar-refractivity contribution < 1.29 is 63.3 Å². The normalized spacial score (nSPS) is 29.9. The molecule has 1 saturated carbocycles. The summed E-state index contributed by atoms with van der Waals surface area (Å²) in [5.41, 5.74) is -4.13. The molecule has 17 heteroatoms. The quantitative estimate of drug-likeness (QED) is 0.147. The van der Waals surface area contributed by atoms with E-state index >= 15 is 0 Å². The van der Waals surface area contributed by atoms with Gasteiger partial charge in [0, 0.05) is 19.3 Å². The van der Waals surface area contributed by atoms with Crippen LogP contribution in [0.1, 0.15) is 94.9 Å². The van der Waals surface area contributed by atoms with Crippen LogP contribution in [0, 0.1) is 0 Å². The molecule has 2 aliphatic rings. The third-order valence-corrected chi connectivity index (χ3v) is 7.52. The number of aliphatic hydroxyl groups is 4. The number of aliphatic hydroxyl groups excluding tert-OH is 3. The van der Waals surface area contributed by atoms with Crippen LogP contribution in [0.15, 0.2) is 4.99 Å². The van der Waals surface area contributed by atoms with Gasteiger partial charge in [-0.05, 0) is 94.9 Å². The summed E-state index contributed by atoms with van der Waals surface area (Å²) in [5, 5.41) is 49.7. The Balaban J connectivity index is 2.25. The van der Waals surface area contributed by atoms with E-state index in [1.807, 2.05) is 0 Å². The predicted molar refractivity (Wildman–Crippen MR) is 179 cm³/mol. The van der Waals surface area contributed by atoms with E-state index in [-0.39, 0.29) is 32.3 Å². The molecular weight excluding hydrogens is 660 g/mol. The molecule has 2 fully saturated rings. The topological polar surface area (TPSA) is 235 Å². The van der Waals surface area contributed by atoms with Crippen molar-refractivity contribution in [2.45, 2.75) is 166 Å². The number of hydrogen-bond acceptors (Lipinski definition) is 13. The highest BCUT2D eigenvalue weighted by molar-refractivity contribution is 5.82. The third-order valence-electron chi connectivity index (χ3n) is 7.52. The van der Waals surface area contributed by atoms with Gasteiger partial charge < -0.3 is 59.6 Å². The number of alkyl carbamates (subject to hydrolysis) is 1. The number of hydrogen-bond donors (Lipinski definition) is 6. The van der Waals surface area contributed by atoms with Crippen molar-refractivity contribution in [3.8, 4) is 0 Å². The summed E-state index contributed by atoms with van der Waals surface area (Å²) in [6.45, 7) is 16.1. The molecule has 0 unspecified atom stereocenters. The van der Waals surface area contributed by atoms with Crippen LogP contribution in [0.25, 0.3) is 0 Å². The van der Waals surface area contributed by atoms with Gasteiger partial charge in [0.05, 0.1) is 24.8 Å². The van der Waals surface area contributed by atoms with E-state index < -0.39 is 95.4 Å². The second-order valence-corrected chi connectivity index (χ2v) is 16.0. The maximum atomic E-state index is 13.1. The summed E-state index contributed by atoms with van der Waals surface area (Å²) in [4.78, 5) is 55.1. The molecule has 4 amide bonds. The summed E-state index contributed by atoms with van der Waals surface area (Å²) in [6.07, 6.45) is -8.52. The van der Waals surface area contributed by atoms with Gasteiger partial charge in [0.1, 0.15) is 40.7 Å². The number of rotatable bonds is 9. The van der Waals surface area contributed by atoms with Crippen molar-refractivity contribution in [2.24, 2.45) is 4.99 Å². The molecule has 17 nitrogen and oxygen atoms in total. The summed E-state index contributed by atoms with van der Waals surface area (Å²) in [5.74, 6) is -0.838. The third kappa shape index (κ3) is 13.9. The van der Waals surface area contributed by atoms with Gasteiger partial charge in [-0.2, -0.15) is 4.99 Å². The largest absolute Gasteiger partial charge is 0.444 e.